The van der Waals surface area contributed by atoms with Gasteiger partial charge in [-0.3, -0.25) is 0 Å². The molecule has 0 bridgehead atoms. The minimum absolute atomic E-state index is 0. The molecule has 0 aromatic carbocycles. The van der Waals surface area contributed by atoms with Crippen LogP contribution in [0.3, 0.4) is 0 Å². The third-order valence-electron chi connectivity index (χ3n) is 2.66. The zero-order valence-corrected chi connectivity index (χ0v) is 6.26. The Labute approximate surface area is 64.4 Å². The van der Waals surface area contributed by atoms with Crippen LogP contribution in [0.2, 0.25) is 0 Å². The summed E-state index contributed by atoms with van der Waals surface area (Å²) < 4.78 is 24.7. The van der Waals surface area contributed by atoms with Gasteiger partial charge in [0, 0.05) is 11.8 Å². The van der Waals surface area contributed by atoms with Gasteiger partial charge in [0.2, 0.25) is 0 Å². The zero-order chi connectivity index (χ0) is 6.70. The van der Waals surface area contributed by atoms with Crippen LogP contribution in [-0.4, -0.2) is 12.5 Å². The number of halogens is 3. The number of nitrogens with two attached hydrogens (primary N) is 1. The molecule has 2 saturated carbocycles. The molecule has 2 unspecified atom stereocenters. The minimum atomic E-state index is -2.35. The molecule has 0 saturated heterocycles. The molecule has 1 spiro atoms. The van der Waals surface area contributed by atoms with E-state index in [4.69, 9.17) is 5.73 Å². The topological polar surface area (TPSA) is 26.0 Å². The molecule has 4 heteroatoms. The average Bonchev–Trinajstić information content (AvgIpc) is 2.53. The van der Waals surface area contributed by atoms with Gasteiger partial charge in [-0.05, 0) is 18.9 Å². The summed E-state index contributed by atoms with van der Waals surface area (Å²) in [5.41, 5.74) is 4.64. The Morgan fingerprint density at radius 1 is 1.50 bits per heavy atom. The Hall–Kier alpha value is 0.110. The highest BCUT2D eigenvalue weighted by molar-refractivity contribution is 5.85. The normalized spacial score (nSPS) is 46.5. The monoisotopic (exact) mass is 169 g/mol. The molecule has 2 N–H and O–H groups in total. The van der Waals surface area contributed by atoms with Crippen LogP contribution in [0.15, 0.2) is 0 Å². The first kappa shape index (κ1) is 8.21. The molecule has 2 aliphatic carbocycles. The highest BCUT2D eigenvalue weighted by Gasteiger charge is 2.82. The van der Waals surface area contributed by atoms with Crippen molar-refractivity contribution in [1.29, 1.82) is 0 Å². The van der Waals surface area contributed by atoms with Gasteiger partial charge in [0.05, 0.1) is 0 Å². The maximum absolute atomic E-state index is 12.4. The summed E-state index contributed by atoms with van der Waals surface area (Å²) in [4.78, 5) is 0. The SMILES string of the molecule is Cl.NCC1CC12CC2(F)F. The van der Waals surface area contributed by atoms with E-state index in [0.717, 1.165) is 0 Å². The number of rotatable bonds is 1. The van der Waals surface area contributed by atoms with Crippen molar-refractivity contribution in [1.82, 2.24) is 0 Å². The summed E-state index contributed by atoms with van der Waals surface area (Å²) >= 11 is 0. The molecule has 0 aromatic heterocycles. The predicted molar refractivity (Wildman–Crippen MR) is 36.4 cm³/mol. The molecular weight excluding hydrogens is 160 g/mol. The van der Waals surface area contributed by atoms with E-state index in [2.05, 4.69) is 0 Å². The number of hydrogen-bond acceptors (Lipinski definition) is 1. The lowest BCUT2D eigenvalue weighted by Crippen LogP contribution is -2.05. The predicted octanol–water partition coefficient (Wildman–Crippen LogP) is 1.41. The lowest BCUT2D eigenvalue weighted by atomic mass is 10.3. The molecule has 0 heterocycles. The Morgan fingerprint density at radius 3 is 2.10 bits per heavy atom. The van der Waals surface area contributed by atoms with Crippen LogP contribution >= 0.6 is 12.4 Å². The zero-order valence-electron chi connectivity index (χ0n) is 5.44. The molecule has 0 aliphatic heterocycles. The largest absolute Gasteiger partial charge is 0.330 e. The first-order chi connectivity index (χ1) is 4.12. The van der Waals surface area contributed by atoms with E-state index in [1.165, 1.54) is 0 Å². The smallest absolute Gasteiger partial charge is 0.254 e. The summed E-state index contributed by atoms with van der Waals surface area (Å²) in [7, 11) is 0. The highest BCUT2D eigenvalue weighted by Crippen LogP contribution is 2.78. The van der Waals surface area contributed by atoms with E-state index in [0.29, 0.717) is 13.0 Å². The standard InChI is InChI=1S/C6H9F2N.ClH/c7-6(8)3-5(6)1-4(5)2-9;/h4H,1-3,9H2;1H. The number of alkyl halides is 2. The van der Waals surface area contributed by atoms with Crippen molar-refractivity contribution in [3.8, 4) is 0 Å². The van der Waals surface area contributed by atoms with Crippen molar-refractivity contribution < 1.29 is 8.78 Å². The van der Waals surface area contributed by atoms with Crippen LogP contribution in [0.25, 0.3) is 0 Å². The van der Waals surface area contributed by atoms with Gasteiger partial charge < -0.3 is 5.73 Å². The average molecular weight is 170 g/mol. The van der Waals surface area contributed by atoms with Crippen molar-refractivity contribution in [3.63, 3.8) is 0 Å². The third-order valence-corrected chi connectivity index (χ3v) is 2.66. The molecule has 2 aliphatic rings. The first-order valence-electron chi connectivity index (χ1n) is 3.20. The Bertz CT molecular complexity index is 162. The van der Waals surface area contributed by atoms with Crippen LogP contribution in [0, 0.1) is 11.3 Å². The second-order valence-corrected chi connectivity index (χ2v) is 3.17. The first-order valence-corrected chi connectivity index (χ1v) is 3.20. The number of hydrogen-bond donors (Lipinski definition) is 1. The van der Waals surface area contributed by atoms with Crippen LogP contribution in [0.4, 0.5) is 8.78 Å². The Kier molecular flexibility index (Phi) is 1.50. The molecule has 2 rings (SSSR count). The van der Waals surface area contributed by atoms with Gasteiger partial charge in [-0.2, -0.15) is 0 Å². The summed E-state index contributed by atoms with van der Waals surface area (Å²) in [5, 5.41) is 0. The lowest BCUT2D eigenvalue weighted by Gasteiger charge is -1.90. The summed E-state index contributed by atoms with van der Waals surface area (Å²) in [6, 6.07) is 0. The molecule has 2 atom stereocenters. The second kappa shape index (κ2) is 1.83. The van der Waals surface area contributed by atoms with Gasteiger partial charge in [0.25, 0.3) is 5.92 Å². The fraction of sp³-hybridized carbons (Fsp3) is 1.00. The molecular formula is C6H10ClF2N. The van der Waals surface area contributed by atoms with Gasteiger partial charge >= 0.3 is 0 Å². The van der Waals surface area contributed by atoms with E-state index >= 15 is 0 Å². The molecule has 10 heavy (non-hydrogen) atoms. The van der Waals surface area contributed by atoms with Gasteiger partial charge in [-0.1, -0.05) is 0 Å². The molecule has 1 nitrogen and oxygen atoms in total. The lowest BCUT2D eigenvalue weighted by molar-refractivity contribution is 0.0895. The van der Waals surface area contributed by atoms with E-state index in [-0.39, 0.29) is 24.7 Å². The molecule has 2 fully saturated rings. The van der Waals surface area contributed by atoms with E-state index in [1.54, 1.807) is 0 Å². The van der Waals surface area contributed by atoms with Crippen molar-refractivity contribution in [2.24, 2.45) is 17.1 Å². The quantitative estimate of drug-likeness (QED) is 0.631. The molecule has 0 aromatic rings. The molecule has 0 radical (unpaired) electrons. The minimum Gasteiger partial charge on any atom is -0.330 e. The van der Waals surface area contributed by atoms with Crippen LogP contribution in [0.5, 0.6) is 0 Å². The van der Waals surface area contributed by atoms with E-state index in [1.807, 2.05) is 0 Å². The Morgan fingerprint density at radius 2 is 2.00 bits per heavy atom. The fourth-order valence-electron chi connectivity index (χ4n) is 1.71. The van der Waals surface area contributed by atoms with Gasteiger partial charge in [-0.15, -0.1) is 12.4 Å². The fourth-order valence-corrected chi connectivity index (χ4v) is 1.71. The summed E-state index contributed by atoms with van der Waals surface area (Å²) in [6.45, 7) is 0.440. The second-order valence-electron chi connectivity index (χ2n) is 3.17. The van der Waals surface area contributed by atoms with Crippen LogP contribution in [0.1, 0.15) is 12.8 Å². The Balaban J connectivity index is 0.000000500. The van der Waals surface area contributed by atoms with Gasteiger partial charge in [0.1, 0.15) is 0 Å². The highest BCUT2D eigenvalue weighted by atomic mass is 35.5. The van der Waals surface area contributed by atoms with E-state index in [9.17, 15) is 8.78 Å². The third kappa shape index (κ3) is 0.705. The van der Waals surface area contributed by atoms with Crippen LogP contribution < -0.4 is 5.73 Å². The van der Waals surface area contributed by atoms with Crippen molar-refractivity contribution in [2.45, 2.75) is 18.8 Å². The summed E-state index contributed by atoms with van der Waals surface area (Å²) in [5.74, 6) is -2.22. The molecule has 0 amide bonds. The van der Waals surface area contributed by atoms with Crippen molar-refractivity contribution in [2.75, 3.05) is 6.54 Å². The van der Waals surface area contributed by atoms with Crippen molar-refractivity contribution >= 4 is 12.4 Å². The van der Waals surface area contributed by atoms with Gasteiger partial charge in [0.15, 0.2) is 0 Å². The maximum atomic E-state index is 12.4. The van der Waals surface area contributed by atoms with E-state index < -0.39 is 11.3 Å². The molecule has 60 valence electrons. The van der Waals surface area contributed by atoms with Crippen LogP contribution in [-0.2, 0) is 0 Å². The maximum Gasteiger partial charge on any atom is 0.254 e. The van der Waals surface area contributed by atoms with Crippen molar-refractivity contribution in [3.05, 3.63) is 0 Å². The summed E-state index contributed by atoms with van der Waals surface area (Å²) in [6.07, 6.45) is 0.762. The van der Waals surface area contributed by atoms with Gasteiger partial charge in [-0.25, -0.2) is 8.78 Å².